The van der Waals surface area contributed by atoms with Crippen molar-refractivity contribution in [1.82, 2.24) is 10.2 Å². The third-order valence-corrected chi connectivity index (χ3v) is 7.37. The highest BCUT2D eigenvalue weighted by atomic mass is 79.9. The van der Waals surface area contributed by atoms with Crippen molar-refractivity contribution in [1.29, 1.82) is 0 Å². The van der Waals surface area contributed by atoms with Gasteiger partial charge in [-0.15, -0.1) is 0 Å². The number of ether oxygens (including phenoxy) is 2. The van der Waals surface area contributed by atoms with E-state index in [2.05, 4.69) is 21.2 Å². The van der Waals surface area contributed by atoms with Crippen LogP contribution in [-0.2, 0) is 26.2 Å². The van der Waals surface area contributed by atoms with Crippen LogP contribution in [0.15, 0.2) is 46.9 Å². The van der Waals surface area contributed by atoms with Gasteiger partial charge < -0.3 is 19.7 Å². The number of likely N-dealkylation sites (N-methyl/N-ethyl adjacent to an activating group) is 1. The second-order valence-electron chi connectivity index (χ2n) is 8.20. The number of anilines is 1. The zero-order valence-corrected chi connectivity index (χ0v) is 22.4. The Kier molecular flexibility index (Phi) is 9.01. The number of carbonyl (C=O) groups is 2. The van der Waals surface area contributed by atoms with Crippen molar-refractivity contribution in [3.05, 3.63) is 52.5 Å². The van der Waals surface area contributed by atoms with Crippen LogP contribution >= 0.6 is 15.9 Å². The van der Waals surface area contributed by atoms with Gasteiger partial charge in [-0.25, -0.2) is 8.42 Å². The summed E-state index contributed by atoms with van der Waals surface area (Å²) in [5.41, 5.74) is 1.32. The molecule has 0 aromatic heterocycles. The zero-order valence-electron chi connectivity index (χ0n) is 20.0. The van der Waals surface area contributed by atoms with Gasteiger partial charge in [-0.1, -0.05) is 28.1 Å². The molecule has 0 saturated heterocycles. The molecule has 1 atom stereocenters. The van der Waals surface area contributed by atoms with Crippen molar-refractivity contribution in [3.63, 3.8) is 0 Å². The molecule has 1 heterocycles. The van der Waals surface area contributed by atoms with E-state index in [1.807, 2.05) is 24.3 Å². The monoisotopic (exact) mass is 567 g/mol. The van der Waals surface area contributed by atoms with Crippen LogP contribution in [0.4, 0.5) is 5.69 Å². The Balaban J connectivity index is 1.72. The van der Waals surface area contributed by atoms with Crippen LogP contribution in [-0.4, -0.2) is 64.2 Å². The Hall–Kier alpha value is -2.79. The van der Waals surface area contributed by atoms with Crippen molar-refractivity contribution >= 4 is 43.5 Å². The molecule has 11 heteroatoms. The Labute approximate surface area is 214 Å². The number of benzene rings is 2. The first-order chi connectivity index (χ1) is 16.6. The van der Waals surface area contributed by atoms with Crippen LogP contribution in [0.5, 0.6) is 11.5 Å². The maximum absolute atomic E-state index is 13.2. The van der Waals surface area contributed by atoms with E-state index in [-0.39, 0.29) is 37.7 Å². The van der Waals surface area contributed by atoms with E-state index >= 15 is 0 Å². The van der Waals surface area contributed by atoms with Crippen molar-refractivity contribution in [2.75, 3.05) is 37.4 Å². The van der Waals surface area contributed by atoms with Gasteiger partial charge in [0.05, 0.1) is 11.9 Å². The van der Waals surface area contributed by atoms with E-state index < -0.39 is 16.1 Å². The maximum atomic E-state index is 13.2. The summed E-state index contributed by atoms with van der Waals surface area (Å²) in [5.74, 6) is 0.540. The molecule has 1 N–H and O–H groups in total. The first-order valence-electron chi connectivity index (χ1n) is 11.2. The molecule has 1 aliphatic heterocycles. The van der Waals surface area contributed by atoms with Crippen LogP contribution in [0.25, 0.3) is 0 Å². The summed E-state index contributed by atoms with van der Waals surface area (Å²) in [6.07, 6.45) is 1.48. The van der Waals surface area contributed by atoms with Gasteiger partial charge in [-0.3, -0.25) is 13.9 Å². The molecule has 0 bridgehead atoms. The molecule has 0 aliphatic carbocycles. The Morgan fingerprint density at radius 1 is 1.09 bits per heavy atom. The molecule has 2 aromatic rings. The standard InChI is InChI=1S/C24H30BrN3O6S/c1-17(24(30)26-2)27(16-18-6-8-19(25)9-7-18)23(29)5-4-12-28(35(3,31)32)20-10-11-21-22(15-20)34-14-13-33-21/h6-11,15,17H,4-5,12-14,16H2,1-3H3,(H,26,30). The fraction of sp³-hybridized carbons (Fsp3) is 0.417. The third-order valence-electron chi connectivity index (χ3n) is 5.65. The summed E-state index contributed by atoms with van der Waals surface area (Å²) >= 11 is 3.39. The van der Waals surface area contributed by atoms with Crippen LogP contribution in [0.3, 0.4) is 0 Å². The summed E-state index contributed by atoms with van der Waals surface area (Å²) < 4.78 is 38.3. The first-order valence-corrected chi connectivity index (χ1v) is 13.9. The molecule has 0 fully saturated rings. The molecule has 2 amide bonds. The SMILES string of the molecule is CNC(=O)C(C)N(Cc1ccc(Br)cc1)C(=O)CCCN(c1ccc2c(c1)OCCO2)S(C)(=O)=O. The van der Waals surface area contributed by atoms with E-state index in [9.17, 15) is 18.0 Å². The van der Waals surface area contributed by atoms with E-state index in [0.29, 0.717) is 30.4 Å². The van der Waals surface area contributed by atoms with Gasteiger partial charge in [0, 0.05) is 37.1 Å². The molecule has 190 valence electrons. The average Bonchev–Trinajstić information content (AvgIpc) is 2.84. The molecular weight excluding hydrogens is 538 g/mol. The number of hydrogen-bond acceptors (Lipinski definition) is 6. The number of rotatable bonds is 10. The fourth-order valence-corrected chi connectivity index (χ4v) is 4.99. The minimum Gasteiger partial charge on any atom is -0.486 e. The van der Waals surface area contributed by atoms with Gasteiger partial charge in [0.25, 0.3) is 0 Å². The number of hydrogen-bond donors (Lipinski definition) is 1. The molecule has 2 aromatic carbocycles. The van der Waals surface area contributed by atoms with Crippen molar-refractivity contribution in [2.45, 2.75) is 32.4 Å². The lowest BCUT2D eigenvalue weighted by atomic mass is 10.1. The highest BCUT2D eigenvalue weighted by molar-refractivity contribution is 9.10. The summed E-state index contributed by atoms with van der Waals surface area (Å²) in [6.45, 7) is 2.87. The van der Waals surface area contributed by atoms with Gasteiger partial charge in [0.1, 0.15) is 19.3 Å². The predicted octanol–water partition coefficient (Wildman–Crippen LogP) is 2.93. The van der Waals surface area contributed by atoms with Crippen molar-refractivity contribution in [2.24, 2.45) is 0 Å². The number of fused-ring (bicyclic) bond motifs is 1. The lowest BCUT2D eigenvalue weighted by Crippen LogP contribution is -2.46. The molecule has 1 unspecified atom stereocenters. The molecular formula is C24H30BrN3O6S. The third kappa shape index (κ3) is 7.11. The van der Waals surface area contributed by atoms with Gasteiger partial charge in [-0.05, 0) is 43.2 Å². The van der Waals surface area contributed by atoms with E-state index in [0.717, 1.165) is 16.3 Å². The smallest absolute Gasteiger partial charge is 0.242 e. The summed E-state index contributed by atoms with van der Waals surface area (Å²) in [7, 11) is -2.08. The quantitative estimate of drug-likeness (QED) is 0.473. The normalized spacial score (nSPS) is 13.6. The minimum absolute atomic E-state index is 0.0778. The highest BCUT2D eigenvalue weighted by Gasteiger charge is 2.26. The largest absolute Gasteiger partial charge is 0.486 e. The number of carbonyl (C=O) groups excluding carboxylic acids is 2. The molecule has 35 heavy (non-hydrogen) atoms. The van der Waals surface area contributed by atoms with E-state index in [1.165, 1.54) is 16.3 Å². The second-order valence-corrected chi connectivity index (χ2v) is 11.0. The lowest BCUT2D eigenvalue weighted by molar-refractivity contribution is -0.140. The van der Waals surface area contributed by atoms with Crippen LogP contribution in [0.2, 0.25) is 0 Å². The maximum Gasteiger partial charge on any atom is 0.242 e. The number of sulfonamides is 1. The van der Waals surface area contributed by atoms with E-state index in [4.69, 9.17) is 9.47 Å². The highest BCUT2D eigenvalue weighted by Crippen LogP contribution is 2.34. The molecule has 1 aliphatic rings. The molecule has 0 spiro atoms. The van der Waals surface area contributed by atoms with Crippen LogP contribution < -0.4 is 19.1 Å². The van der Waals surface area contributed by atoms with Gasteiger partial charge in [-0.2, -0.15) is 0 Å². The van der Waals surface area contributed by atoms with Gasteiger partial charge in [0.15, 0.2) is 11.5 Å². The molecule has 0 saturated carbocycles. The minimum atomic E-state index is -3.61. The lowest BCUT2D eigenvalue weighted by Gasteiger charge is -2.29. The number of nitrogens with zero attached hydrogens (tertiary/aromatic N) is 2. The topological polar surface area (TPSA) is 105 Å². The zero-order chi connectivity index (χ0) is 25.6. The summed E-state index contributed by atoms with van der Waals surface area (Å²) in [4.78, 5) is 27.0. The summed E-state index contributed by atoms with van der Waals surface area (Å²) in [6, 6.07) is 11.8. The van der Waals surface area contributed by atoms with Crippen molar-refractivity contribution in [3.8, 4) is 11.5 Å². The number of nitrogens with one attached hydrogen (secondary N) is 1. The Morgan fingerprint density at radius 3 is 2.37 bits per heavy atom. The number of amides is 2. The van der Waals surface area contributed by atoms with E-state index in [1.54, 1.807) is 25.1 Å². The second kappa shape index (κ2) is 11.8. The van der Waals surface area contributed by atoms with Crippen LogP contribution in [0, 0.1) is 0 Å². The average molecular weight is 568 g/mol. The molecule has 0 radical (unpaired) electrons. The van der Waals surface area contributed by atoms with Crippen molar-refractivity contribution < 1.29 is 27.5 Å². The Bertz CT molecular complexity index is 1160. The predicted molar refractivity (Wildman–Crippen MR) is 137 cm³/mol. The number of halogens is 1. The summed E-state index contributed by atoms with van der Waals surface area (Å²) in [5, 5.41) is 2.59. The van der Waals surface area contributed by atoms with Gasteiger partial charge in [0.2, 0.25) is 21.8 Å². The molecule has 9 nitrogen and oxygen atoms in total. The fourth-order valence-electron chi connectivity index (χ4n) is 3.77. The van der Waals surface area contributed by atoms with Gasteiger partial charge >= 0.3 is 0 Å². The Morgan fingerprint density at radius 2 is 1.74 bits per heavy atom. The molecule has 3 rings (SSSR count). The first kappa shape index (κ1) is 26.8. The van der Waals surface area contributed by atoms with Crippen LogP contribution in [0.1, 0.15) is 25.3 Å².